The second kappa shape index (κ2) is 7.87. The monoisotopic (exact) mass is 398 g/mol. The lowest BCUT2D eigenvalue weighted by Gasteiger charge is -2.45. The Morgan fingerprint density at radius 3 is 2.66 bits per heavy atom. The quantitative estimate of drug-likeness (QED) is 0.843. The van der Waals surface area contributed by atoms with Gasteiger partial charge in [0.05, 0.1) is 13.7 Å². The molecule has 2 aliphatic heterocycles. The van der Waals surface area contributed by atoms with Gasteiger partial charge in [0.25, 0.3) is 5.91 Å². The zero-order valence-electron chi connectivity index (χ0n) is 16.8. The van der Waals surface area contributed by atoms with Gasteiger partial charge < -0.3 is 24.3 Å². The predicted molar refractivity (Wildman–Crippen MR) is 105 cm³/mol. The Morgan fingerprint density at radius 2 is 2.00 bits per heavy atom. The van der Waals surface area contributed by atoms with Crippen molar-refractivity contribution in [2.24, 2.45) is 0 Å². The fourth-order valence-corrected chi connectivity index (χ4v) is 4.10. The van der Waals surface area contributed by atoms with Crippen molar-refractivity contribution in [2.75, 3.05) is 20.2 Å². The first-order chi connectivity index (χ1) is 14.0. The van der Waals surface area contributed by atoms with E-state index < -0.39 is 11.7 Å². The summed E-state index contributed by atoms with van der Waals surface area (Å²) < 4.78 is 13.5. The van der Waals surface area contributed by atoms with Crippen LogP contribution in [-0.4, -0.2) is 52.6 Å². The first-order valence-electron chi connectivity index (χ1n) is 9.86. The number of amides is 2. The van der Waals surface area contributed by atoms with Crippen molar-refractivity contribution in [1.29, 1.82) is 0 Å². The minimum Gasteiger partial charge on any atom is -0.497 e. The van der Waals surface area contributed by atoms with Crippen LogP contribution in [0, 0.1) is 0 Å². The Kier molecular flexibility index (Phi) is 5.27. The van der Waals surface area contributed by atoms with Crippen LogP contribution in [0.1, 0.15) is 31.2 Å². The number of nitrogens with one attached hydrogen (secondary N) is 1. The van der Waals surface area contributed by atoms with Gasteiger partial charge in [-0.1, -0.05) is 12.1 Å². The van der Waals surface area contributed by atoms with Gasteiger partial charge in [-0.3, -0.25) is 9.59 Å². The molecule has 1 aromatic carbocycles. The van der Waals surface area contributed by atoms with E-state index in [0.717, 1.165) is 17.1 Å². The first kappa shape index (κ1) is 19.4. The molecule has 2 aromatic rings. The molecule has 3 heterocycles. The number of fused-ring (bicyclic) bond motifs is 2. The van der Waals surface area contributed by atoms with E-state index in [9.17, 15) is 9.59 Å². The molecule has 0 bridgehead atoms. The van der Waals surface area contributed by atoms with Gasteiger partial charge in [-0.05, 0) is 17.7 Å². The lowest BCUT2D eigenvalue weighted by atomic mass is 9.88. The maximum absolute atomic E-state index is 12.9. The van der Waals surface area contributed by atoms with E-state index in [0.29, 0.717) is 39.0 Å². The summed E-state index contributed by atoms with van der Waals surface area (Å²) in [6.07, 6.45) is 4.30. The van der Waals surface area contributed by atoms with Crippen LogP contribution in [0.3, 0.4) is 0 Å². The SMILES string of the molecule is COc1ccc(CNC(=O)C2Cn3ccnc3C3(CCN(C(C)=O)CC3)O2)cc1. The number of carbonyl (C=O) groups is 2. The number of piperidine rings is 1. The fourth-order valence-electron chi connectivity index (χ4n) is 4.10. The summed E-state index contributed by atoms with van der Waals surface area (Å²) in [5.41, 5.74) is 0.360. The molecule has 1 atom stereocenters. The first-order valence-corrected chi connectivity index (χ1v) is 9.86. The van der Waals surface area contributed by atoms with E-state index in [2.05, 4.69) is 10.3 Å². The smallest absolute Gasteiger partial charge is 0.251 e. The number of rotatable bonds is 4. The molecular formula is C21H26N4O4. The van der Waals surface area contributed by atoms with Crippen LogP contribution in [0.25, 0.3) is 0 Å². The van der Waals surface area contributed by atoms with Crippen molar-refractivity contribution in [3.8, 4) is 5.75 Å². The Hall–Kier alpha value is -2.87. The summed E-state index contributed by atoms with van der Waals surface area (Å²) in [4.78, 5) is 30.9. The number of hydrogen-bond donors (Lipinski definition) is 1. The molecule has 4 rings (SSSR count). The van der Waals surface area contributed by atoms with E-state index in [1.54, 1.807) is 20.2 Å². The van der Waals surface area contributed by atoms with Gasteiger partial charge in [-0.2, -0.15) is 0 Å². The molecule has 29 heavy (non-hydrogen) atoms. The van der Waals surface area contributed by atoms with Crippen molar-refractivity contribution in [2.45, 2.75) is 44.6 Å². The predicted octanol–water partition coefficient (Wildman–Crippen LogP) is 1.44. The highest BCUT2D eigenvalue weighted by Crippen LogP contribution is 2.40. The van der Waals surface area contributed by atoms with E-state index in [1.165, 1.54) is 0 Å². The molecule has 1 N–H and O–H groups in total. The van der Waals surface area contributed by atoms with E-state index in [4.69, 9.17) is 9.47 Å². The van der Waals surface area contributed by atoms with Gasteiger partial charge in [0.15, 0.2) is 6.10 Å². The summed E-state index contributed by atoms with van der Waals surface area (Å²) in [5.74, 6) is 1.54. The van der Waals surface area contributed by atoms with E-state index in [-0.39, 0.29) is 11.8 Å². The average molecular weight is 398 g/mol. The number of methoxy groups -OCH3 is 1. The van der Waals surface area contributed by atoms with Crippen LogP contribution in [0.5, 0.6) is 5.75 Å². The molecule has 8 heteroatoms. The number of nitrogens with zero attached hydrogens (tertiary/aromatic N) is 3. The van der Waals surface area contributed by atoms with Crippen LogP contribution in [0.15, 0.2) is 36.7 Å². The van der Waals surface area contributed by atoms with Crippen molar-refractivity contribution in [1.82, 2.24) is 19.8 Å². The van der Waals surface area contributed by atoms with Crippen molar-refractivity contribution < 1.29 is 19.1 Å². The van der Waals surface area contributed by atoms with Crippen LogP contribution < -0.4 is 10.1 Å². The molecule has 1 unspecified atom stereocenters. The molecule has 8 nitrogen and oxygen atoms in total. The van der Waals surface area contributed by atoms with Crippen molar-refractivity contribution in [3.63, 3.8) is 0 Å². The number of benzene rings is 1. The normalized spacial score (nSPS) is 20.2. The minimum absolute atomic E-state index is 0.0628. The van der Waals surface area contributed by atoms with E-state index in [1.807, 2.05) is 39.9 Å². The Morgan fingerprint density at radius 1 is 1.28 bits per heavy atom. The molecule has 154 valence electrons. The number of likely N-dealkylation sites (tertiary alicyclic amines) is 1. The number of hydrogen-bond acceptors (Lipinski definition) is 5. The number of ether oxygens (including phenoxy) is 2. The Balaban J connectivity index is 1.44. The number of aromatic nitrogens is 2. The topological polar surface area (TPSA) is 85.7 Å². The average Bonchev–Trinajstić information content (AvgIpc) is 3.22. The number of imidazole rings is 1. The van der Waals surface area contributed by atoms with Gasteiger partial charge >= 0.3 is 0 Å². The van der Waals surface area contributed by atoms with Gasteiger partial charge in [0.1, 0.15) is 17.2 Å². The molecule has 2 amide bonds. The third-order valence-corrected chi connectivity index (χ3v) is 5.79. The summed E-state index contributed by atoms with van der Waals surface area (Å²) >= 11 is 0. The van der Waals surface area contributed by atoms with Gasteiger partial charge in [0, 0.05) is 51.8 Å². The maximum Gasteiger partial charge on any atom is 0.251 e. The maximum atomic E-state index is 12.9. The van der Waals surface area contributed by atoms with Crippen LogP contribution in [0.2, 0.25) is 0 Å². The largest absolute Gasteiger partial charge is 0.497 e. The van der Waals surface area contributed by atoms with Crippen LogP contribution in [-0.2, 0) is 33.0 Å². The van der Waals surface area contributed by atoms with Crippen molar-refractivity contribution >= 4 is 11.8 Å². The van der Waals surface area contributed by atoms with Gasteiger partial charge in [-0.15, -0.1) is 0 Å². The second-order valence-electron chi connectivity index (χ2n) is 7.58. The van der Waals surface area contributed by atoms with Crippen LogP contribution in [0.4, 0.5) is 0 Å². The zero-order chi connectivity index (χ0) is 20.4. The highest BCUT2D eigenvalue weighted by molar-refractivity contribution is 5.81. The second-order valence-corrected chi connectivity index (χ2v) is 7.58. The molecular weight excluding hydrogens is 372 g/mol. The zero-order valence-corrected chi connectivity index (χ0v) is 16.8. The molecule has 1 fully saturated rings. The Bertz CT molecular complexity index is 884. The summed E-state index contributed by atoms with van der Waals surface area (Å²) in [6, 6.07) is 7.59. The Labute approximate surface area is 169 Å². The molecule has 2 aliphatic rings. The highest BCUT2D eigenvalue weighted by Gasteiger charge is 2.47. The molecule has 1 aromatic heterocycles. The third-order valence-electron chi connectivity index (χ3n) is 5.79. The molecule has 1 saturated heterocycles. The summed E-state index contributed by atoms with van der Waals surface area (Å²) in [5, 5.41) is 2.98. The number of carbonyl (C=O) groups excluding carboxylic acids is 2. The van der Waals surface area contributed by atoms with Crippen LogP contribution >= 0.6 is 0 Å². The van der Waals surface area contributed by atoms with E-state index >= 15 is 0 Å². The molecule has 0 radical (unpaired) electrons. The highest BCUT2D eigenvalue weighted by atomic mass is 16.5. The third kappa shape index (κ3) is 3.85. The van der Waals surface area contributed by atoms with Crippen molar-refractivity contribution in [3.05, 3.63) is 48.0 Å². The molecule has 1 spiro atoms. The summed E-state index contributed by atoms with van der Waals surface area (Å²) in [7, 11) is 1.62. The standard InChI is InChI=1S/C21H26N4O4/c1-15(26)24-10-7-21(8-11-24)20-22-9-12-25(20)14-18(29-21)19(27)23-13-16-3-5-17(28-2)6-4-16/h3-6,9,12,18H,7-8,10-11,13-14H2,1-2H3,(H,23,27). The van der Waals surface area contributed by atoms with Gasteiger partial charge in [-0.25, -0.2) is 4.98 Å². The van der Waals surface area contributed by atoms with Gasteiger partial charge in [0.2, 0.25) is 5.91 Å². The lowest BCUT2D eigenvalue weighted by molar-refractivity contribution is -0.175. The fraction of sp³-hybridized carbons (Fsp3) is 0.476. The molecule has 0 saturated carbocycles. The molecule has 0 aliphatic carbocycles. The summed E-state index contributed by atoms with van der Waals surface area (Å²) in [6.45, 7) is 3.63. The minimum atomic E-state index is -0.629. The lowest BCUT2D eigenvalue weighted by Crippen LogP contribution is -2.54.